The molecule has 0 fully saturated rings. The van der Waals surface area contributed by atoms with Crippen LogP contribution in [0, 0.1) is 10.1 Å². The maximum absolute atomic E-state index is 12.3. The zero-order chi connectivity index (χ0) is 15.6. The van der Waals surface area contributed by atoms with Gasteiger partial charge in [0.25, 0.3) is 11.6 Å². The van der Waals surface area contributed by atoms with Gasteiger partial charge in [-0.05, 0) is 18.2 Å². The van der Waals surface area contributed by atoms with Crippen LogP contribution >= 0.6 is 11.6 Å². The number of halogens is 1. The molecule has 0 spiro atoms. The predicted octanol–water partition coefficient (Wildman–Crippen LogP) is 3.23. The summed E-state index contributed by atoms with van der Waals surface area (Å²) in [4.78, 5) is 23.7. The molecule has 2 rings (SSSR count). The number of phenols is 1. The summed E-state index contributed by atoms with van der Waals surface area (Å²) in [7, 11) is 1.52. The summed E-state index contributed by atoms with van der Waals surface area (Å²) >= 11 is 5.93. The Labute approximate surface area is 125 Å². The molecule has 0 saturated heterocycles. The van der Waals surface area contributed by atoms with E-state index >= 15 is 0 Å². The summed E-state index contributed by atoms with van der Waals surface area (Å²) in [5.74, 6) is -0.401. The van der Waals surface area contributed by atoms with Crippen LogP contribution in [0.15, 0.2) is 42.5 Å². The number of amides is 1. The second-order valence-electron chi connectivity index (χ2n) is 4.31. The Hall–Kier alpha value is -2.60. The zero-order valence-corrected chi connectivity index (χ0v) is 11.7. The number of hydrogen-bond acceptors (Lipinski definition) is 4. The number of nitro benzene ring substituents is 1. The third-order valence-electron chi connectivity index (χ3n) is 2.92. The summed E-state index contributed by atoms with van der Waals surface area (Å²) in [5.41, 5.74) is 0.444. The van der Waals surface area contributed by atoms with Crippen molar-refractivity contribution in [1.82, 2.24) is 0 Å². The van der Waals surface area contributed by atoms with Crippen molar-refractivity contribution in [3.63, 3.8) is 0 Å². The molecule has 0 aromatic heterocycles. The fourth-order valence-corrected chi connectivity index (χ4v) is 2.05. The molecule has 0 radical (unpaired) electrons. The van der Waals surface area contributed by atoms with Crippen LogP contribution in [0.4, 0.5) is 11.4 Å². The quantitative estimate of drug-likeness (QED) is 0.697. The molecule has 0 bridgehead atoms. The van der Waals surface area contributed by atoms with E-state index in [4.69, 9.17) is 11.6 Å². The van der Waals surface area contributed by atoms with Crippen LogP contribution < -0.4 is 4.90 Å². The lowest BCUT2D eigenvalue weighted by Crippen LogP contribution is -2.26. The van der Waals surface area contributed by atoms with Crippen LogP contribution in [0.2, 0.25) is 5.02 Å². The van der Waals surface area contributed by atoms with Gasteiger partial charge in [-0.1, -0.05) is 17.7 Å². The van der Waals surface area contributed by atoms with Crippen molar-refractivity contribution in [1.29, 1.82) is 0 Å². The van der Waals surface area contributed by atoms with Gasteiger partial charge >= 0.3 is 0 Å². The van der Waals surface area contributed by atoms with Crippen molar-refractivity contribution in [3.8, 4) is 5.75 Å². The largest absolute Gasteiger partial charge is 0.508 e. The van der Waals surface area contributed by atoms with E-state index in [0.717, 1.165) is 6.07 Å². The zero-order valence-electron chi connectivity index (χ0n) is 11.0. The molecule has 2 aromatic rings. The van der Waals surface area contributed by atoms with Gasteiger partial charge in [-0.3, -0.25) is 14.9 Å². The lowest BCUT2D eigenvalue weighted by Gasteiger charge is -2.18. The van der Waals surface area contributed by atoms with Gasteiger partial charge in [0.05, 0.1) is 15.5 Å². The van der Waals surface area contributed by atoms with Crippen LogP contribution in [0.25, 0.3) is 0 Å². The van der Waals surface area contributed by atoms with E-state index in [1.807, 2.05) is 0 Å². The van der Waals surface area contributed by atoms with Gasteiger partial charge in [-0.2, -0.15) is 0 Å². The number of rotatable bonds is 3. The molecular formula is C14H11ClN2O4. The number of carbonyl (C=O) groups is 1. The topological polar surface area (TPSA) is 83.7 Å². The third kappa shape index (κ3) is 3.11. The van der Waals surface area contributed by atoms with Crippen molar-refractivity contribution in [3.05, 3.63) is 63.2 Å². The van der Waals surface area contributed by atoms with Gasteiger partial charge in [0.1, 0.15) is 5.75 Å². The molecule has 0 atom stereocenters. The van der Waals surface area contributed by atoms with Crippen LogP contribution in [-0.4, -0.2) is 23.0 Å². The van der Waals surface area contributed by atoms with Crippen molar-refractivity contribution < 1.29 is 14.8 Å². The highest BCUT2D eigenvalue weighted by molar-refractivity contribution is 6.34. The predicted molar refractivity (Wildman–Crippen MR) is 78.9 cm³/mol. The molecule has 1 N–H and O–H groups in total. The molecule has 0 aliphatic carbocycles. The highest BCUT2D eigenvalue weighted by Gasteiger charge is 2.19. The Morgan fingerprint density at radius 2 is 2.00 bits per heavy atom. The standard InChI is InChI=1S/C14H11ClN2O4/c1-16(9-3-2-4-11(18)7-9)14(19)12-6-5-10(17(20)21)8-13(12)15/h2-8,18H,1H3. The molecule has 6 nitrogen and oxygen atoms in total. The van der Waals surface area contributed by atoms with Crippen molar-refractivity contribution >= 4 is 28.9 Å². The van der Waals surface area contributed by atoms with E-state index in [2.05, 4.69) is 0 Å². The Morgan fingerprint density at radius 1 is 1.29 bits per heavy atom. The van der Waals surface area contributed by atoms with E-state index in [0.29, 0.717) is 5.69 Å². The van der Waals surface area contributed by atoms with Crippen molar-refractivity contribution in [2.45, 2.75) is 0 Å². The van der Waals surface area contributed by atoms with E-state index in [-0.39, 0.29) is 22.0 Å². The second kappa shape index (κ2) is 5.80. The molecule has 7 heteroatoms. The molecule has 0 heterocycles. The Kier molecular flexibility index (Phi) is 4.09. The average Bonchev–Trinajstić information content (AvgIpc) is 2.45. The smallest absolute Gasteiger partial charge is 0.270 e. The Morgan fingerprint density at radius 3 is 2.57 bits per heavy atom. The number of phenolic OH excluding ortho intramolecular Hbond substituents is 1. The number of anilines is 1. The number of benzene rings is 2. The summed E-state index contributed by atoms with van der Waals surface area (Å²) in [6.45, 7) is 0. The molecule has 108 valence electrons. The maximum Gasteiger partial charge on any atom is 0.270 e. The molecule has 0 aliphatic rings. The minimum absolute atomic E-state index is 0.00111. The monoisotopic (exact) mass is 306 g/mol. The lowest BCUT2D eigenvalue weighted by molar-refractivity contribution is -0.384. The van der Waals surface area contributed by atoms with Gasteiger partial charge in [0.2, 0.25) is 0 Å². The summed E-state index contributed by atoms with van der Waals surface area (Å²) < 4.78 is 0. The lowest BCUT2D eigenvalue weighted by atomic mass is 10.1. The van der Waals surface area contributed by atoms with Crippen LogP contribution in [0.1, 0.15) is 10.4 Å². The van der Waals surface area contributed by atoms with Gasteiger partial charge in [-0.15, -0.1) is 0 Å². The van der Waals surface area contributed by atoms with Crippen molar-refractivity contribution in [2.75, 3.05) is 11.9 Å². The number of nitro groups is 1. The number of aromatic hydroxyl groups is 1. The van der Waals surface area contributed by atoms with Gasteiger partial charge in [0, 0.05) is 30.9 Å². The SMILES string of the molecule is CN(C(=O)c1ccc([N+](=O)[O-])cc1Cl)c1cccc(O)c1. The highest BCUT2D eigenvalue weighted by atomic mass is 35.5. The Balaban J connectivity index is 2.33. The molecule has 1 amide bonds. The van der Waals surface area contributed by atoms with Crippen LogP contribution in [0.5, 0.6) is 5.75 Å². The van der Waals surface area contributed by atoms with Crippen molar-refractivity contribution in [2.24, 2.45) is 0 Å². The first kappa shape index (κ1) is 14.8. The van der Waals surface area contributed by atoms with E-state index in [9.17, 15) is 20.0 Å². The number of non-ortho nitro benzene ring substituents is 1. The summed E-state index contributed by atoms with van der Waals surface area (Å²) in [5, 5.41) is 20.1. The first-order chi connectivity index (χ1) is 9.90. The first-order valence-electron chi connectivity index (χ1n) is 5.91. The summed E-state index contributed by atoms with van der Waals surface area (Å²) in [6.07, 6.45) is 0. The number of nitrogens with zero attached hydrogens (tertiary/aromatic N) is 2. The average molecular weight is 307 g/mol. The second-order valence-corrected chi connectivity index (χ2v) is 4.71. The Bertz CT molecular complexity index is 718. The fourth-order valence-electron chi connectivity index (χ4n) is 1.79. The van der Waals surface area contributed by atoms with Gasteiger partial charge < -0.3 is 10.0 Å². The maximum atomic E-state index is 12.3. The molecule has 0 saturated carbocycles. The molecule has 0 aliphatic heterocycles. The summed E-state index contributed by atoms with van der Waals surface area (Å²) in [6, 6.07) is 9.82. The molecule has 21 heavy (non-hydrogen) atoms. The van der Waals surface area contributed by atoms with Crippen LogP contribution in [-0.2, 0) is 0 Å². The minimum atomic E-state index is -0.584. The number of carbonyl (C=O) groups excluding carboxylic acids is 1. The molecule has 0 unspecified atom stereocenters. The molecule has 2 aromatic carbocycles. The normalized spacial score (nSPS) is 10.2. The minimum Gasteiger partial charge on any atom is -0.508 e. The first-order valence-corrected chi connectivity index (χ1v) is 6.29. The molecular weight excluding hydrogens is 296 g/mol. The number of hydrogen-bond donors (Lipinski definition) is 1. The van der Waals surface area contributed by atoms with Gasteiger partial charge in [0.15, 0.2) is 0 Å². The fraction of sp³-hybridized carbons (Fsp3) is 0.0714. The van der Waals surface area contributed by atoms with E-state index in [1.165, 1.54) is 36.2 Å². The van der Waals surface area contributed by atoms with Crippen LogP contribution in [0.3, 0.4) is 0 Å². The van der Waals surface area contributed by atoms with E-state index < -0.39 is 10.8 Å². The van der Waals surface area contributed by atoms with E-state index in [1.54, 1.807) is 12.1 Å². The highest BCUT2D eigenvalue weighted by Crippen LogP contribution is 2.26. The third-order valence-corrected chi connectivity index (χ3v) is 3.23. The van der Waals surface area contributed by atoms with Gasteiger partial charge in [-0.25, -0.2) is 0 Å².